The fourth-order valence-electron chi connectivity index (χ4n) is 2.26. The fraction of sp³-hybridized carbons (Fsp3) is 0.917. The summed E-state index contributed by atoms with van der Waals surface area (Å²) in [6.07, 6.45) is 5.28. The van der Waals surface area contributed by atoms with Crippen molar-refractivity contribution >= 4 is 5.91 Å². The van der Waals surface area contributed by atoms with Gasteiger partial charge in [0.25, 0.3) is 0 Å². The Morgan fingerprint density at radius 2 is 1.93 bits per heavy atom. The number of carbonyl (C=O) groups is 1. The minimum absolute atomic E-state index is 0.103. The summed E-state index contributed by atoms with van der Waals surface area (Å²) in [6.45, 7) is 7.70. The second kappa shape index (κ2) is 5.50. The highest BCUT2D eigenvalue weighted by molar-refractivity contribution is 5.78. The number of hydrogen-bond donors (Lipinski definition) is 2. The van der Waals surface area contributed by atoms with E-state index in [9.17, 15) is 4.79 Å². The third-order valence-corrected chi connectivity index (χ3v) is 3.10. The van der Waals surface area contributed by atoms with Crippen molar-refractivity contribution in [3.8, 4) is 0 Å². The first-order chi connectivity index (χ1) is 7.02. The van der Waals surface area contributed by atoms with Crippen LogP contribution in [0.1, 0.15) is 46.5 Å². The largest absolute Gasteiger partial charge is 0.353 e. The van der Waals surface area contributed by atoms with Crippen LogP contribution in [0.4, 0.5) is 0 Å². The normalized spacial score (nSPS) is 19.5. The Hall–Kier alpha value is -0.570. The van der Waals surface area contributed by atoms with Crippen LogP contribution in [0.3, 0.4) is 0 Å². The van der Waals surface area contributed by atoms with Gasteiger partial charge < -0.3 is 10.6 Å². The van der Waals surface area contributed by atoms with E-state index in [-0.39, 0.29) is 11.9 Å². The van der Waals surface area contributed by atoms with E-state index in [1.54, 1.807) is 0 Å². The Balaban J connectivity index is 2.12. The fourth-order valence-corrected chi connectivity index (χ4v) is 2.26. The Bertz CT molecular complexity index is 208. The standard InChI is InChI=1S/C12H24N2O/c1-10(2)14-11(15)8-13-9-12(3)6-4-5-7-12/h10,13H,4-9H2,1-3H3,(H,14,15). The lowest BCUT2D eigenvalue weighted by atomic mass is 9.89. The van der Waals surface area contributed by atoms with Crippen LogP contribution >= 0.6 is 0 Å². The molecule has 0 bridgehead atoms. The van der Waals surface area contributed by atoms with E-state index in [0.717, 1.165) is 6.54 Å². The van der Waals surface area contributed by atoms with E-state index in [1.165, 1.54) is 25.7 Å². The number of rotatable bonds is 5. The molecule has 1 fully saturated rings. The molecular weight excluding hydrogens is 188 g/mol. The SMILES string of the molecule is CC(C)NC(=O)CNCC1(C)CCCC1. The Labute approximate surface area is 93.0 Å². The summed E-state index contributed by atoms with van der Waals surface area (Å²) in [4.78, 5) is 11.4. The summed E-state index contributed by atoms with van der Waals surface area (Å²) >= 11 is 0. The van der Waals surface area contributed by atoms with Crippen LogP contribution in [0.25, 0.3) is 0 Å². The predicted octanol–water partition coefficient (Wildman–Crippen LogP) is 1.68. The summed E-state index contributed by atoms with van der Waals surface area (Å²) in [5.41, 5.74) is 0.429. The molecule has 0 unspecified atom stereocenters. The molecule has 1 saturated carbocycles. The van der Waals surface area contributed by atoms with Crippen LogP contribution in [0.15, 0.2) is 0 Å². The molecule has 0 aromatic heterocycles. The molecule has 0 spiro atoms. The summed E-state index contributed by atoms with van der Waals surface area (Å²) in [5, 5.41) is 6.14. The minimum atomic E-state index is 0.103. The highest BCUT2D eigenvalue weighted by atomic mass is 16.1. The Morgan fingerprint density at radius 3 is 2.47 bits per heavy atom. The number of amides is 1. The van der Waals surface area contributed by atoms with Gasteiger partial charge in [0.15, 0.2) is 0 Å². The van der Waals surface area contributed by atoms with Gasteiger partial charge in [-0.25, -0.2) is 0 Å². The van der Waals surface area contributed by atoms with Crippen LogP contribution in [0, 0.1) is 5.41 Å². The van der Waals surface area contributed by atoms with Crippen molar-refractivity contribution in [1.29, 1.82) is 0 Å². The Kier molecular flexibility index (Phi) is 4.58. The second-order valence-corrected chi connectivity index (χ2v) is 5.34. The summed E-state index contributed by atoms with van der Waals surface area (Å²) < 4.78 is 0. The molecule has 15 heavy (non-hydrogen) atoms. The van der Waals surface area contributed by atoms with Gasteiger partial charge in [-0.15, -0.1) is 0 Å². The average molecular weight is 212 g/mol. The number of nitrogens with one attached hydrogen (secondary N) is 2. The van der Waals surface area contributed by atoms with Crippen molar-refractivity contribution in [2.75, 3.05) is 13.1 Å². The lowest BCUT2D eigenvalue weighted by Gasteiger charge is -2.23. The van der Waals surface area contributed by atoms with E-state index in [2.05, 4.69) is 17.6 Å². The van der Waals surface area contributed by atoms with Crippen LogP contribution in [0.5, 0.6) is 0 Å². The van der Waals surface area contributed by atoms with Crippen molar-refractivity contribution < 1.29 is 4.79 Å². The van der Waals surface area contributed by atoms with E-state index < -0.39 is 0 Å². The molecule has 1 rings (SSSR count). The molecule has 0 radical (unpaired) electrons. The zero-order chi connectivity index (χ0) is 11.3. The summed E-state index contributed by atoms with van der Waals surface area (Å²) in [5.74, 6) is 0.103. The van der Waals surface area contributed by atoms with Crippen LogP contribution < -0.4 is 10.6 Å². The first kappa shape index (κ1) is 12.5. The van der Waals surface area contributed by atoms with Gasteiger partial charge in [0, 0.05) is 12.6 Å². The molecule has 1 aliphatic carbocycles. The van der Waals surface area contributed by atoms with Crippen molar-refractivity contribution in [1.82, 2.24) is 10.6 Å². The first-order valence-corrected chi connectivity index (χ1v) is 6.02. The molecule has 0 aliphatic heterocycles. The van der Waals surface area contributed by atoms with E-state index in [4.69, 9.17) is 0 Å². The zero-order valence-electron chi connectivity index (χ0n) is 10.2. The van der Waals surface area contributed by atoms with Gasteiger partial charge in [-0.3, -0.25) is 4.79 Å². The van der Waals surface area contributed by atoms with Crippen LogP contribution in [0.2, 0.25) is 0 Å². The molecule has 0 saturated heterocycles. The number of hydrogen-bond acceptors (Lipinski definition) is 2. The molecule has 0 aromatic rings. The van der Waals surface area contributed by atoms with Gasteiger partial charge in [-0.1, -0.05) is 19.8 Å². The zero-order valence-corrected chi connectivity index (χ0v) is 10.2. The van der Waals surface area contributed by atoms with E-state index in [1.807, 2.05) is 13.8 Å². The maximum absolute atomic E-state index is 11.4. The van der Waals surface area contributed by atoms with Crippen molar-refractivity contribution in [3.05, 3.63) is 0 Å². The molecule has 0 atom stereocenters. The molecule has 3 nitrogen and oxygen atoms in total. The quantitative estimate of drug-likeness (QED) is 0.728. The van der Waals surface area contributed by atoms with E-state index in [0.29, 0.717) is 12.0 Å². The maximum atomic E-state index is 11.4. The lowest BCUT2D eigenvalue weighted by Crippen LogP contribution is -2.40. The van der Waals surface area contributed by atoms with Crippen molar-refractivity contribution in [2.45, 2.75) is 52.5 Å². The third-order valence-electron chi connectivity index (χ3n) is 3.10. The molecule has 2 N–H and O–H groups in total. The topological polar surface area (TPSA) is 41.1 Å². The molecular formula is C12H24N2O. The molecule has 1 amide bonds. The lowest BCUT2D eigenvalue weighted by molar-refractivity contribution is -0.120. The van der Waals surface area contributed by atoms with Crippen LogP contribution in [-0.2, 0) is 4.79 Å². The highest BCUT2D eigenvalue weighted by Crippen LogP contribution is 2.36. The molecule has 0 aromatic carbocycles. The molecule has 88 valence electrons. The molecule has 3 heteroatoms. The maximum Gasteiger partial charge on any atom is 0.234 e. The number of carbonyl (C=O) groups excluding carboxylic acids is 1. The van der Waals surface area contributed by atoms with Gasteiger partial charge in [-0.2, -0.15) is 0 Å². The smallest absolute Gasteiger partial charge is 0.234 e. The minimum Gasteiger partial charge on any atom is -0.353 e. The van der Waals surface area contributed by atoms with Gasteiger partial charge >= 0.3 is 0 Å². The monoisotopic (exact) mass is 212 g/mol. The van der Waals surface area contributed by atoms with Gasteiger partial charge in [0.05, 0.1) is 6.54 Å². The molecule has 0 heterocycles. The highest BCUT2D eigenvalue weighted by Gasteiger charge is 2.27. The van der Waals surface area contributed by atoms with Gasteiger partial charge in [-0.05, 0) is 32.1 Å². The summed E-state index contributed by atoms with van der Waals surface area (Å²) in [6, 6.07) is 0.237. The summed E-state index contributed by atoms with van der Waals surface area (Å²) in [7, 11) is 0. The first-order valence-electron chi connectivity index (χ1n) is 6.02. The van der Waals surface area contributed by atoms with Gasteiger partial charge in [0.2, 0.25) is 5.91 Å². The van der Waals surface area contributed by atoms with Crippen molar-refractivity contribution in [3.63, 3.8) is 0 Å². The third kappa shape index (κ3) is 4.65. The molecule has 1 aliphatic rings. The second-order valence-electron chi connectivity index (χ2n) is 5.34. The van der Waals surface area contributed by atoms with Crippen molar-refractivity contribution in [2.24, 2.45) is 5.41 Å². The van der Waals surface area contributed by atoms with E-state index >= 15 is 0 Å². The van der Waals surface area contributed by atoms with Crippen LogP contribution in [-0.4, -0.2) is 25.0 Å². The average Bonchev–Trinajstić information content (AvgIpc) is 2.51. The predicted molar refractivity (Wildman–Crippen MR) is 62.7 cm³/mol. The Morgan fingerprint density at radius 1 is 1.33 bits per heavy atom. The van der Waals surface area contributed by atoms with Gasteiger partial charge in [0.1, 0.15) is 0 Å².